The maximum atomic E-state index is 14.3. The molecule has 0 unspecified atom stereocenters. The van der Waals surface area contributed by atoms with E-state index in [1.807, 2.05) is 6.07 Å². The fourth-order valence-electron chi connectivity index (χ4n) is 2.36. The van der Waals surface area contributed by atoms with Crippen molar-refractivity contribution in [3.05, 3.63) is 65.2 Å². The summed E-state index contributed by atoms with van der Waals surface area (Å²) in [7, 11) is 0. The summed E-state index contributed by atoms with van der Waals surface area (Å²) >= 11 is 0. The lowest BCUT2D eigenvalue weighted by Crippen LogP contribution is -2.31. The second-order valence-corrected chi connectivity index (χ2v) is 5.40. The van der Waals surface area contributed by atoms with Crippen molar-refractivity contribution in [3.8, 4) is 0 Å². The number of pyridine rings is 1. The van der Waals surface area contributed by atoms with Crippen LogP contribution in [0.1, 0.15) is 18.2 Å². The molecule has 0 aliphatic carbocycles. The molecule has 0 aliphatic rings. The molecule has 1 aromatic carbocycles. The standard InChI is InChI=1S/C17H15FN6/c1-10(19)14-4-5-16(20)24(23-14)17(21)8-12-7-11-3-2-6-22-15(11)9-13(12)18/h2-7,9,19-21H,8H2,1H3. The number of fused-ring (bicyclic) bond motifs is 1. The molecule has 0 saturated carbocycles. The molecule has 120 valence electrons. The van der Waals surface area contributed by atoms with Gasteiger partial charge in [0, 0.05) is 24.1 Å². The molecule has 0 radical (unpaired) electrons. The van der Waals surface area contributed by atoms with Crippen molar-refractivity contribution in [1.82, 2.24) is 14.8 Å². The van der Waals surface area contributed by atoms with Crippen LogP contribution in [-0.4, -0.2) is 26.3 Å². The van der Waals surface area contributed by atoms with Crippen molar-refractivity contribution in [2.45, 2.75) is 13.3 Å². The van der Waals surface area contributed by atoms with Gasteiger partial charge in [0.2, 0.25) is 0 Å². The minimum absolute atomic E-state index is 0.00728. The predicted molar refractivity (Wildman–Crippen MR) is 89.1 cm³/mol. The lowest BCUT2D eigenvalue weighted by Gasteiger charge is -2.10. The Kier molecular flexibility index (Phi) is 3.99. The zero-order valence-electron chi connectivity index (χ0n) is 13.0. The van der Waals surface area contributed by atoms with Gasteiger partial charge in [0.25, 0.3) is 0 Å². The number of nitrogens with one attached hydrogen (secondary N) is 3. The van der Waals surface area contributed by atoms with Gasteiger partial charge >= 0.3 is 0 Å². The van der Waals surface area contributed by atoms with Crippen LogP contribution in [0.25, 0.3) is 10.9 Å². The minimum Gasteiger partial charge on any atom is -0.303 e. The van der Waals surface area contributed by atoms with Gasteiger partial charge < -0.3 is 5.41 Å². The molecule has 0 amide bonds. The lowest BCUT2D eigenvalue weighted by atomic mass is 10.1. The summed E-state index contributed by atoms with van der Waals surface area (Å²) < 4.78 is 15.4. The van der Waals surface area contributed by atoms with E-state index in [0.717, 1.165) is 10.1 Å². The molecule has 0 spiro atoms. The van der Waals surface area contributed by atoms with Crippen LogP contribution >= 0.6 is 0 Å². The Balaban J connectivity index is 1.98. The van der Waals surface area contributed by atoms with Gasteiger partial charge in [0.1, 0.15) is 22.8 Å². The average Bonchev–Trinajstić information content (AvgIpc) is 2.55. The monoisotopic (exact) mass is 322 g/mol. The summed E-state index contributed by atoms with van der Waals surface area (Å²) in [6, 6.07) is 9.61. The van der Waals surface area contributed by atoms with Gasteiger partial charge in [-0.15, -0.1) is 0 Å². The largest absolute Gasteiger partial charge is 0.303 e. The molecule has 2 heterocycles. The van der Waals surface area contributed by atoms with Crippen LogP contribution in [0, 0.1) is 22.0 Å². The highest BCUT2D eigenvalue weighted by atomic mass is 19.1. The molecule has 24 heavy (non-hydrogen) atoms. The van der Waals surface area contributed by atoms with Crippen molar-refractivity contribution in [2.75, 3.05) is 0 Å². The van der Waals surface area contributed by atoms with Gasteiger partial charge in [0.05, 0.1) is 11.2 Å². The highest BCUT2D eigenvalue weighted by Gasteiger charge is 2.11. The second kappa shape index (κ2) is 6.11. The smallest absolute Gasteiger partial charge is 0.148 e. The van der Waals surface area contributed by atoms with Crippen LogP contribution in [0.4, 0.5) is 4.39 Å². The number of nitrogens with zero attached hydrogens (tertiary/aromatic N) is 3. The van der Waals surface area contributed by atoms with E-state index in [-0.39, 0.29) is 23.5 Å². The number of hydrogen-bond donors (Lipinski definition) is 3. The zero-order chi connectivity index (χ0) is 17.3. The van der Waals surface area contributed by atoms with Crippen molar-refractivity contribution >= 4 is 22.5 Å². The first-order chi connectivity index (χ1) is 11.5. The van der Waals surface area contributed by atoms with E-state index in [4.69, 9.17) is 16.2 Å². The topological polar surface area (TPSA) is 102 Å². The number of hydrogen-bond acceptors (Lipinski definition) is 5. The van der Waals surface area contributed by atoms with Gasteiger partial charge in [-0.3, -0.25) is 15.8 Å². The molecule has 3 aromatic rings. The Morgan fingerprint density at radius 3 is 2.75 bits per heavy atom. The van der Waals surface area contributed by atoms with E-state index in [1.54, 1.807) is 31.3 Å². The third kappa shape index (κ3) is 2.96. The van der Waals surface area contributed by atoms with Gasteiger partial charge in [-0.05, 0) is 36.8 Å². The summed E-state index contributed by atoms with van der Waals surface area (Å²) in [6.07, 6.45) is 1.58. The third-order valence-electron chi connectivity index (χ3n) is 3.60. The quantitative estimate of drug-likeness (QED) is 0.509. The molecule has 7 heteroatoms. The molecule has 3 N–H and O–H groups in total. The Morgan fingerprint density at radius 2 is 2.00 bits per heavy atom. The lowest BCUT2D eigenvalue weighted by molar-refractivity contribution is 0.616. The second-order valence-electron chi connectivity index (χ2n) is 5.40. The Morgan fingerprint density at radius 1 is 1.21 bits per heavy atom. The number of halogens is 1. The fourth-order valence-corrected chi connectivity index (χ4v) is 2.36. The van der Waals surface area contributed by atoms with Crippen LogP contribution < -0.4 is 5.49 Å². The molecular formula is C17H15FN6. The summed E-state index contributed by atoms with van der Waals surface area (Å²) in [5.41, 5.74) is 1.51. The van der Waals surface area contributed by atoms with Gasteiger partial charge in [0.15, 0.2) is 0 Å². The molecule has 0 fully saturated rings. The predicted octanol–water partition coefficient (Wildman–Crippen LogP) is 2.51. The summed E-state index contributed by atoms with van der Waals surface area (Å²) in [4.78, 5) is 4.10. The van der Waals surface area contributed by atoms with E-state index in [1.165, 1.54) is 12.1 Å². The van der Waals surface area contributed by atoms with Crippen LogP contribution in [0.5, 0.6) is 0 Å². The van der Waals surface area contributed by atoms with Crippen molar-refractivity contribution < 1.29 is 4.39 Å². The number of aromatic nitrogens is 3. The molecule has 0 bridgehead atoms. The van der Waals surface area contributed by atoms with Crippen LogP contribution in [0.15, 0.2) is 42.6 Å². The van der Waals surface area contributed by atoms with Gasteiger partial charge in [-0.25, -0.2) is 9.07 Å². The first kappa shape index (κ1) is 15.7. The molecule has 3 rings (SSSR count). The highest BCUT2D eigenvalue weighted by molar-refractivity contribution is 5.94. The van der Waals surface area contributed by atoms with E-state index >= 15 is 0 Å². The van der Waals surface area contributed by atoms with Crippen molar-refractivity contribution in [3.63, 3.8) is 0 Å². The molecular weight excluding hydrogens is 307 g/mol. The minimum atomic E-state index is -0.447. The summed E-state index contributed by atoms with van der Waals surface area (Å²) in [5.74, 6) is -0.484. The Labute approximate surface area is 137 Å². The van der Waals surface area contributed by atoms with E-state index in [0.29, 0.717) is 16.8 Å². The molecule has 2 aromatic heterocycles. The normalized spacial score (nSPS) is 10.8. The van der Waals surface area contributed by atoms with E-state index in [9.17, 15) is 4.39 Å². The first-order valence-corrected chi connectivity index (χ1v) is 7.27. The van der Waals surface area contributed by atoms with E-state index in [2.05, 4.69) is 10.1 Å². The Hall–Kier alpha value is -3.22. The molecule has 0 saturated heterocycles. The SMILES string of the molecule is CC(=N)c1ccc(=N)n(C(=N)Cc2cc3cccnc3cc2F)n1. The maximum Gasteiger partial charge on any atom is 0.148 e. The summed E-state index contributed by atoms with van der Waals surface area (Å²) in [6.45, 7) is 1.58. The molecule has 0 aliphatic heterocycles. The Bertz CT molecular complexity index is 1020. The van der Waals surface area contributed by atoms with Crippen LogP contribution in [0.3, 0.4) is 0 Å². The van der Waals surface area contributed by atoms with E-state index < -0.39 is 5.82 Å². The molecule has 0 atom stereocenters. The fraction of sp³-hybridized carbons (Fsp3) is 0.118. The highest BCUT2D eigenvalue weighted by Crippen LogP contribution is 2.18. The number of rotatable bonds is 3. The zero-order valence-corrected chi connectivity index (χ0v) is 13.0. The van der Waals surface area contributed by atoms with Gasteiger partial charge in [-0.1, -0.05) is 6.07 Å². The van der Waals surface area contributed by atoms with Crippen LogP contribution in [-0.2, 0) is 6.42 Å². The third-order valence-corrected chi connectivity index (χ3v) is 3.60. The number of benzene rings is 1. The average molecular weight is 322 g/mol. The van der Waals surface area contributed by atoms with Crippen molar-refractivity contribution in [1.29, 1.82) is 16.2 Å². The van der Waals surface area contributed by atoms with Crippen LogP contribution in [0.2, 0.25) is 0 Å². The maximum absolute atomic E-state index is 14.3. The summed E-state index contributed by atoms with van der Waals surface area (Å²) in [5, 5.41) is 28.6. The molecule has 6 nitrogen and oxygen atoms in total. The first-order valence-electron chi connectivity index (χ1n) is 7.27. The van der Waals surface area contributed by atoms with Crippen molar-refractivity contribution in [2.24, 2.45) is 0 Å². The van der Waals surface area contributed by atoms with Gasteiger partial charge in [-0.2, -0.15) is 5.10 Å².